The van der Waals surface area contributed by atoms with Crippen LogP contribution >= 0.6 is 11.8 Å². The molecule has 0 radical (unpaired) electrons. The van der Waals surface area contributed by atoms with E-state index >= 15 is 0 Å². The predicted octanol–water partition coefficient (Wildman–Crippen LogP) is 2.88. The summed E-state index contributed by atoms with van der Waals surface area (Å²) >= 11 is 0.420. The summed E-state index contributed by atoms with van der Waals surface area (Å²) in [4.78, 5) is 25.5. The molecule has 0 aliphatic carbocycles. The van der Waals surface area contributed by atoms with Gasteiger partial charge in [0.2, 0.25) is 0 Å². The maximum atomic E-state index is 13.2. The zero-order chi connectivity index (χ0) is 20.7. The summed E-state index contributed by atoms with van der Waals surface area (Å²) in [6.07, 6.45) is 1.40. The molecule has 1 aliphatic rings. The van der Waals surface area contributed by atoms with E-state index in [0.717, 1.165) is 24.8 Å². The Hall–Kier alpha value is -1.91. The van der Waals surface area contributed by atoms with Gasteiger partial charge in [-0.05, 0) is 26.2 Å². The standard InChI is InChI=1S/C17H25F3N4O3S/c1-3-27-15(25)11-28-14(17(18,19)20)9-21-16(26)24-7-5-4-6-13(24)12-8-22-23(2)10-12/h8,10,13-14H,3-7,9,11H2,1-2H3,(H,21,26). The maximum Gasteiger partial charge on any atom is 0.402 e. The number of rotatable bonds is 7. The number of ether oxygens (including phenoxy) is 1. The Kier molecular flexibility index (Phi) is 8.02. The third-order valence-electron chi connectivity index (χ3n) is 4.38. The van der Waals surface area contributed by atoms with Crippen LogP contribution in [0.5, 0.6) is 0 Å². The number of esters is 1. The minimum Gasteiger partial charge on any atom is -0.465 e. The number of piperidine rings is 1. The van der Waals surface area contributed by atoms with E-state index in [1.165, 1.54) is 0 Å². The van der Waals surface area contributed by atoms with Gasteiger partial charge in [0.25, 0.3) is 0 Å². The summed E-state index contributed by atoms with van der Waals surface area (Å²) in [5.41, 5.74) is 0.862. The fraction of sp³-hybridized carbons (Fsp3) is 0.706. The fourth-order valence-electron chi connectivity index (χ4n) is 3.06. The van der Waals surface area contributed by atoms with E-state index in [2.05, 4.69) is 15.2 Å². The molecule has 158 valence electrons. The van der Waals surface area contributed by atoms with E-state index in [1.54, 1.807) is 29.7 Å². The van der Waals surface area contributed by atoms with Crippen molar-refractivity contribution in [3.05, 3.63) is 18.0 Å². The molecule has 1 saturated heterocycles. The number of aromatic nitrogens is 2. The van der Waals surface area contributed by atoms with Crippen molar-refractivity contribution >= 4 is 23.8 Å². The number of likely N-dealkylation sites (tertiary alicyclic amines) is 1. The number of carbonyl (C=O) groups excluding carboxylic acids is 2. The van der Waals surface area contributed by atoms with Crippen molar-refractivity contribution in [1.82, 2.24) is 20.0 Å². The highest BCUT2D eigenvalue weighted by molar-refractivity contribution is 8.00. The highest BCUT2D eigenvalue weighted by Gasteiger charge is 2.41. The Morgan fingerprint density at radius 2 is 2.18 bits per heavy atom. The summed E-state index contributed by atoms with van der Waals surface area (Å²) < 4.78 is 46.0. The topological polar surface area (TPSA) is 76.5 Å². The number of hydrogen-bond acceptors (Lipinski definition) is 5. The molecule has 2 rings (SSSR count). The molecule has 1 aromatic heterocycles. The summed E-state index contributed by atoms with van der Waals surface area (Å²) in [7, 11) is 1.77. The van der Waals surface area contributed by atoms with Gasteiger partial charge in [0.05, 0.1) is 24.6 Å². The van der Waals surface area contributed by atoms with Gasteiger partial charge in [0.15, 0.2) is 0 Å². The lowest BCUT2D eigenvalue weighted by Gasteiger charge is -2.35. The Morgan fingerprint density at radius 1 is 1.43 bits per heavy atom. The summed E-state index contributed by atoms with van der Waals surface area (Å²) in [5.74, 6) is -1.13. The SMILES string of the molecule is CCOC(=O)CSC(CNC(=O)N1CCCCC1c1cnn(C)c1)C(F)(F)F. The number of hydrogen-bond donors (Lipinski definition) is 1. The number of amides is 2. The Labute approximate surface area is 166 Å². The van der Waals surface area contributed by atoms with Crippen LogP contribution in [0.1, 0.15) is 37.8 Å². The third-order valence-corrected chi connectivity index (χ3v) is 5.62. The van der Waals surface area contributed by atoms with Crippen LogP contribution in [0.25, 0.3) is 0 Å². The van der Waals surface area contributed by atoms with Crippen molar-refractivity contribution in [2.45, 2.75) is 43.7 Å². The van der Waals surface area contributed by atoms with E-state index in [-0.39, 0.29) is 12.6 Å². The van der Waals surface area contributed by atoms with E-state index in [0.29, 0.717) is 18.3 Å². The quantitative estimate of drug-likeness (QED) is 0.684. The lowest BCUT2D eigenvalue weighted by atomic mass is 9.98. The van der Waals surface area contributed by atoms with Gasteiger partial charge in [-0.1, -0.05) is 0 Å². The average Bonchev–Trinajstić information content (AvgIpc) is 3.07. The van der Waals surface area contributed by atoms with Crippen molar-refractivity contribution in [3.8, 4) is 0 Å². The molecular formula is C17H25F3N4O3S. The highest BCUT2D eigenvalue weighted by Crippen LogP contribution is 2.32. The second kappa shape index (κ2) is 10.0. The number of nitrogens with zero attached hydrogens (tertiary/aromatic N) is 3. The van der Waals surface area contributed by atoms with Crippen LogP contribution in [0.2, 0.25) is 0 Å². The van der Waals surface area contributed by atoms with Crippen LogP contribution in [0.15, 0.2) is 12.4 Å². The maximum absolute atomic E-state index is 13.2. The molecule has 2 atom stereocenters. The van der Waals surface area contributed by atoms with Gasteiger partial charge in [-0.25, -0.2) is 4.79 Å². The molecular weight excluding hydrogens is 397 g/mol. The van der Waals surface area contributed by atoms with Gasteiger partial charge >= 0.3 is 18.2 Å². The number of nitrogens with one attached hydrogen (secondary N) is 1. The molecule has 1 aliphatic heterocycles. The van der Waals surface area contributed by atoms with E-state index in [9.17, 15) is 22.8 Å². The van der Waals surface area contributed by atoms with E-state index in [1.807, 2.05) is 6.20 Å². The van der Waals surface area contributed by atoms with Crippen molar-refractivity contribution in [3.63, 3.8) is 0 Å². The normalized spacial score (nSPS) is 18.6. The molecule has 11 heteroatoms. The number of alkyl halides is 3. The molecule has 0 spiro atoms. The van der Waals surface area contributed by atoms with Gasteiger partial charge in [0, 0.05) is 31.9 Å². The lowest BCUT2D eigenvalue weighted by Crippen LogP contribution is -2.48. The molecule has 28 heavy (non-hydrogen) atoms. The van der Waals surface area contributed by atoms with Gasteiger partial charge in [-0.3, -0.25) is 9.48 Å². The van der Waals surface area contributed by atoms with Crippen molar-refractivity contribution < 1.29 is 27.5 Å². The summed E-state index contributed by atoms with van der Waals surface area (Å²) in [6, 6.07) is -0.751. The molecule has 1 N–H and O–H groups in total. The molecule has 2 amide bonds. The van der Waals surface area contributed by atoms with E-state index < -0.39 is 35.7 Å². The second-order valence-electron chi connectivity index (χ2n) is 6.48. The third kappa shape index (κ3) is 6.32. The van der Waals surface area contributed by atoms with Crippen LogP contribution in [0, 0.1) is 0 Å². The molecule has 0 bridgehead atoms. The monoisotopic (exact) mass is 422 g/mol. The van der Waals surface area contributed by atoms with Crippen LogP contribution in [0.4, 0.5) is 18.0 Å². The molecule has 2 heterocycles. The summed E-state index contributed by atoms with van der Waals surface area (Å²) in [6.45, 7) is 1.56. The molecule has 2 unspecified atom stereocenters. The number of urea groups is 1. The van der Waals surface area contributed by atoms with Gasteiger partial charge in [0.1, 0.15) is 5.25 Å². The summed E-state index contributed by atoms with van der Waals surface area (Å²) in [5, 5.41) is 4.61. The lowest BCUT2D eigenvalue weighted by molar-refractivity contribution is -0.139. The molecule has 0 saturated carbocycles. The van der Waals surface area contributed by atoms with E-state index in [4.69, 9.17) is 0 Å². The molecule has 7 nitrogen and oxygen atoms in total. The first-order valence-electron chi connectivity index (χ1n) is 9.09. The number of halogens is 3. The van der Waals surface area contributed by atoms with Crippen LogP contribution in [-0.2, 0) is 16.6 Å². The minimum absolute atomic E-state index is 0.109. The zero-order valence-corrected chi connectivity index (χ0v) is 16.7. The smallest absolute Gasteiger partial charge is 0.402 e. The van der Waals surface area contributed by atoms with Crippen LogP contribution in [0.3, 0.4) is 0 Å². The van der Waals surface area contributed by atoms with Crippen LogP contribution < -0.4 is 5.32 Å². The van der Waals surface area contributed by atoms with Gasteiger partial charge < -0.3 is 15.0 Å². The molecule has 1 aromatic rings. The number of carbonyl (C=O) groups is 2. The largest absolute Gasteiger partial charge is 0.465 e. The van der Waals surface area contributed by atoms with Crippen LogP contribution in [-0.4, -0.2) is 63.6 Å². The molecule has 1 fully saturated rings. The van der Waals surface area contributed by atoms with Crippen molar-refractivity contribution in [2.24, 2.45) is 7.05 Å². The minimum atomic E-state index is -4.55. The Morgan fingerprint density at radius 3 is 2.79 bits per heavy atom. The average molecular weight is 422 g/mol. The predicted molar refractivity (Wildman–Crippen MR) is 98.8 cm³/mol. The molecule has 0 aromatic carbocycles. The van der Waals surface area contributed by atoms with Gasteiger partial charge in [-0.2, -0.15) is 18.3 Å². The number of thioether (sulfide) groups is 1. The first-order valence-corrected chi connectivity index (χ1v) is 10.1. The Balaban J connectivity index is 1.97. The van der Waals surface area contributed by atoms with Crippen molar-refractivity contribution in [2.75, 3.05) is 25.4 Å². The first-order chi connectivity index (χ1) is 13.2. The van der Waals surface area contributed by atoms with Gasteiger partial charge in [-0.15, -0.1) is 11.8 Å². The number of aryl methyl sites for hydroxylation is 1. The highest BCUT2D eigenvalue weighted by atomic mass is 32.2. The zero-order valence-electron chi connectivity index (χ0n) is 15.9. The first kappa shape index (κ1) is 22.4. The fourth-order valence-corrected chi connectivity index (χ4v) is 3.87. The Bertz CT molecular complexity index is 668. The van der Waals surface area contributed by atoms with Crippen molar-refractivity contribution in [1.29, 1.82) is 0 Å². The second-order valence-corrected chi connectivity index (χ2v) is 7.68.